The van der Waals surface area contributed by atoms with E-state index in [4.69, 9.17) is 9.47 Å². The third kappa shape index (κ3) is 7.40. The van der Waals surface area contributed by atoms with Crippen molar-refractivity contribution in [3.05, 3.63) is 46.5 Å². The number of aryl methyl sites for hydroxylation is 2. The van der Waals surface area contributed by atoms with Gasteiger partial charge in [-0.2, -0.15) is 0 Å². The lowest BCUT2D eigenvalue weighted by atomic mass is 9.99. The Morgan fingerprint density at radius 2 is 1.24 bits per heavy atom. The second kappa shape index (κ2) is 13.5. The quantitative estimate of drug-likeness (QED) is 0.169. The molecule has 2 aromatic carbocycles. The number of carbonyl (C=O) groups excluding carboxylic acids is 1. The molecule has 0 spiro atoms. The Morgan fingerprint density at radius 3 is 1.85 bits per heavy atom. The van der Waals surface area contributed by atoms with Crippen LogP contribution in [0.2, 0.25) is 0 Å². The van der Waals surface area contributed by atoms with Crippen molar-refractivity contribution in [2.45, 2.75) is 78.1 Å². The fraction of sp³-hybridized carbons (Fsp3) is 0.481. The maximum Gasteiger partial charge on any atom is 0.347 e. The molecule has 0 aliphatic rings. The molecule has 0 aromatic heterocycles. The highest BCUT2D eigenvalue weighted by molar-refractivity contribution is 5.96. The first kappa shape index (κ1) is 27.0. The SMILES string of the molecule is CCCCCCCc1cc(OC(=O)c2c(O)cc(OC)cc2CCCCC)cc(O)c1C(=O)O. The fourth-order valence-electron chi connectivity index (χ4n) is 4.01. The maximum atomic E-state index is 13.0. The minimum absolute atomic E-state index is 0.0331. The first-order valence-corrected chi connectivity index (χ1v) is 12.0. The molecule has 7 nitrogen and oxygen atoms in total. The van der Waals surface area contributed by atoms with Gasteiger partial charge in [0.15, 0.2) is 0 Å². The molecule has 0 aliphatic heterocycles. The number of carbonyl (C=O) groups is 2. The number of carboxylic acid groups (broad SMARTS) is 1. The number of esters is 1. The number of phenols is 2. The van der Waals surface area contributed by atoms with Gasteiger partial charge in [-0.25, -0.2) is 9.59 Å². The second-order valence-corrected chi connectivity index (χ2v) is 8.47. The molecule has 0 unspecified atom stereocenters. The van der Waals surface area contributed by atoms with Crippen LogP contribution >= 0.6 is 0 Å². The number of ether oxygens (including phenoxy) is 2. The Balaban J connectivity index is 2.32. The second-order valence-electron chi connectivity index (χ2n) is 8.47. The zero-order valence-corrected chi connectivity index (χ0v) is 20.4. The van der Waals surface area contributed by atoms with Gasteiger partial charge in [0, 0.05) is 12.1 Å². The molecule has 2 rings (SSSR count). The van der Waals surface area contributed by atoms with Gasteiger partial charge in [-0.15, -0.1) is 0 Å². The number of methoxy groups -OCH3 is 1. The van der Waals surface area contributed by atoms with Crippen LogP contribution in [0, 0.1) is 0 Å². The highest BCUT2D eigenvalue weighted by Crippen LogP contribution is 2.33. The van der Waals surface area contributed by atoms with Gasteiger partial charge < -0.3 is 24.8 Å². The average molecular weight is 473 g/mol. The number of rotatable bonds is 14. The van der Waals surface area contributed by atoms with E-state index in [-0.39, 0.29) is 22.6 Å². The smallest absolute Gasteiger partial charge is 0.347 e. The van der Waals surface area contributed by atoms with E-state index in [1.54, 1.807) is 6.07 Å². The lowest BCUT2D eigenvalue weighted by Crippen LogP contribution is -2.13. The van der Waals surface area contributed by atoms with Gasteiger partial charge >= 0.3 is 11.9 Å². The van der Waals surface area contributed by atoms with E-state index in [1.165, 1.54) is 19.2 Å². The van der Waals surface area contributed by atoms with E-state index in [9.17, 15) is 24.9 Å². The minimum atomic E-state index is -1.23. The van der Waals surface area contributed by atoms with E-state index in [0.29, 0.717) is 29.7 Å². The number of carboxylic acids is 1. The van der Waals surface area contributed by atoms with Crippen LogP contribution < -0.4 is 9.47 Å². The Kier molecular flexibility index (Phi) is 10.7. The Bertz CT molecular complexity index is 981. The van der Waals surface area contributed by atoms with Crippen LogP contribution in [-0.4, -0.2) is 34.4 Å². The standard InChI is InChI=1S/C27H36O7/c1-4-6-8-9-11-13-18-15-21(17-22(28)24(18)26(30)31)34-27(32)25-19(12-10-7-5-2)14-20(33-3)16-23(25)29/h14-17,28-29H,4-13H2,1-3H3,(H,30,31). The van der Waals surface area contributed by atoms with E-state index in [2.05, 4.69) is 13.8 Å². The van der Waals surface area contributed by atoms with Gasteiger partial charge in [0.2, 0.25) is 0 Å². The summed E-state index contributed by atoms with van der Waals surface area (Å²) < 4.78 is 10.7. The molecule has 0 aliphatic carbocycles. The molecular formula is C27H36O7. The van der Waals surface area contributed by atoms with Crippen molar-refractivity contribution >= 4 is 11.9 Å². The van der Waals surface area contributed by atoms with Gasteiger partial charge in [-0.05, 0) is 48.9 Å². The van der Waals surface area contributed by atoms with Gasteiger partial charge in [0.25, 0.3) is 0 Å². The summed E-state index contributed by atoms with van der Waals surface area (Å²) in [5, 5.41) is 30.4. The molecule has 186 valence electrons. The predicted octanol–water partition coefficient (Wildman–Crippen LogP) is 6.27. The Morgan fingerprint density at radius 1 is 0.735 bits per heavy atom. The van der Waals surface area contributed by atoms with Crippen LogP contribution in [0.1, 0.15) is 97.1 Å². The Labute approximate surface area is 201 Å². The van der Waals surface area contributed by atoms with Crippen molar-refractivity contribution in [2.75, 3.05) is 7.11 Å². The first-order chi connectivity index (χ1) is 16.3. The largest absolute Gasteiger partial charge is 0.507 e. The van der Waals surface area contributed by atoms with Crippen molar-refractivity contribution < 1.29 is 34.4 Å². The zero-order valence-electron chi connectivity index (χ0n) is 20.4. The maximum absolute atomic E-state index is 13.0. The van der Waals surface area contributed by atoms with Gasteiger partial charge in [0.1, 0.15) is 34.1 Å². The van der Waals surface area contributed by atoms with Crippen LogP contribution in [0.25, 0.3) is 0 Å². The third-order valence-corrected chi connectivity index (χ3v) is 5.81. The summed E-state index contributed by atoms with van der Waals surface area (Å²) in [6.45, 7) is 4.20. The molecular weight excluding hydrogens is 436 g/mol. The molecule has 0 amide bonds. The van der Waals surface area contributed by atoms with E-state index in [1.807, 2.05) is 0 Å². The molecule has 2 aromatic rings. The number of aromatic hydroxyl groups is 2. The number of unbranched alkanes of at least 4 members (excludes halogenated alkanes) is 6. The van der Waals surface area contributed by atoms with Crippen molar-refractivity contribution in [3.8, 4) is 23.0 Å². The molecule has 0 saturated heterocycles. The molecule has 7 heteroatoms. The van der Waals surface area contributed by atoms with Crippen LogP contribution in [0.5, 0.6) is 23.0 Å². The molecule has 0 fully saturated rings. The molecule has 0 heterocycles. The van der Waals surface area contributed by atoms with E-state index >= 15 is 0 Å². The van der Waals surface area contributed by atoms with Crippen molar-refractivity contribution in [2.24, 2.45) is 0 Å². The fourth-order valence-corrected chi connectivity index (χ4v) is 4.01. The van der Waals surface area contributed by atoms with E-state index < -0.39 is 17.7 Å². The van der Waals surface area contributed by atoms with Crippen molar-refractivity contribution in [3.63, 3.8) is 0 Å². The summed E-state index contributed by atoms with van der Waals surface area (Å²) in [5.41, 5.74) is 0.884. The summed E-state index contributed by atoms with van der Waals surface area (Å²) >= 11 is 0. The lowest BCUT2D eigenvalue weighted by Gasteiger charge is -2.15. The summed E-state index contributed by atoms with van der Waals surface area (Å²) in [7, 11) is 1.49. The zero-order chi connectivity index (χ0) is 25.1. The van der Waals surface area contributed by atoms with Crippen LogP contribution in [0.4, 0.5) is 0 Å². The third-order valence-electron chi connectivity index (χ3n) is 5.81. The molecule has 0 radical (unpaired) electrons. The van der Waals surface area contributed by atoms with Crippen LogP contribution in [0.3, 0.4) is 0 Å². The highest BCUT2D eigenvalue weighted by Gasteiger charge is 2.23. The van der Waals surface area contributed by atoms with E-state index in [0.717, 1.165) is 57.4 Å². The summed E-state index contributed by atoms with van der Waals surface area (Å²) in [6, 6.07) is 5.67. The van der Waals surface area contributed by atoms with Gasteiger partial charge in [-0.1, -0.05) is 52.4 Å². The summed E-state index contributed by atoms with van der Waals surface area (Å²) in [4.78, 5) is 24.7. The normalized spacial score (nSPS) is 10.8. The topological polar surface area (TPSA) is 113 Å². The molecule has 34 heavy (non-hydrogen) atoms. The summed E-state index contributed by atoms with van der Waals surface area (Å²) in [6.07, 6.45) is 8.79. The molecule has 0 bridgehead atoms. The number of benzene rings is 2. The average Bonchev–Trinajstić information content (AvgIpc) is 2.78. The van der Waals surface area contributed by atoms with Gasteiger partial charge in [-0.3, -0.25) is 0 Å². The van der Waals surface area contributed by atoms with Crippen LogP contribution in [-0.2, 0) is 12.8 Å². The molecule has 0 saturated carbocycles. The minimum Gasteiger partial charge on any atom is -0.507 e. The molecule has 0 atom stereocenters. The molecule has 3 N–H and O–H groups in total. The lowest BCUT2D eigenvalue weighted by molar-refractivity contribution is 0.0692. The highest BCUT2D eigenvalue weighted by atomic mass is 16.5. The number of phenolic OH excluding ortho intramolecular Hbond substituents is 1. The van der Waals surface area contributed by atoms with Crippen molar-refractivity contribution in [1.29, 1.82) is 0 Å². The predicted molar refractivity (Wildman–Crippen MR) is 130 cm³/mol. The summed E-state index contributed by atoms with van der Waals surface area (Å²) in [5.74, 6) is -2.24. The monoisotopic (exact) mass is 472 g/mol. The van der Waals surface area contributed by atoms with Gasteiger partial charge in [0.05, 0.1) is 7.11 Å². The number of aromatic carboxylic acids is 1. The first-order valence-electron chi connectivity index (χ1n) is 12.0. The number of hydrogen-bond acceptors (Lipinski definition) is 6. The number of hydrogen-bond donors (Lipinski definition) is 3. The Hall–Kier alpha value is -3.22. The van der Waals surface area contributed by atoms with Crippen LogP contribution in [0.15, 0.2) is 24.3 Å². The van der Waals surface area contributed by atoms with Crippen molar-refractivity contribution in [1.82, 2.24) is 0 Å².